The first kappa shape index (κ1) is 19.6. The number of hydrogen-bond donors (Lipinski definition) is 2. The van der Waals surface area contributed by atoms with Gasteiger partial charge in [-0.2, -0.15) is 0 Å². The highest BCUT2D eigenvalue weighted by Crippen LogP contribution is 2.15. The molecule has 0 aliphatic heterocycles. The minimum atomic E-state index is -0.174. The molecule has 0 saturated heterocycles. The normalized spacial score (nSPS) is 10.3. The van der Waals surface area contributed by atoms with Gasteiger partial charge in [0.1, 0.15) is 5.75 Å². The average molecular weight is 394 g/mol. The Bertz CT molecular complexity index is 921. The molecule has 2 aromatic carbocycles. The van der Waals surface area contributed by atoms with Crippen LogP contribution in [0.15, 0.2) is 66.0 Å². The molecule has 0 aliphatic carbocycles. The van der Waals surface area contributed by atoms with Gasteiger partial charge in [0.05, 0.1) is 12.0 Å². The topological polar surface area (TPSA) is 67.4 Å². The minimum absolute atomic E-state index is 0.151. The fourth-order valence-electron chi connectivity index (χ4n) is 2.73. The van der Waals surface area contributed by atoms with Gasteiger partial charge in [-0.05, 0) is 60.2 Å². The molecule has 0 unspecified atom stereocenters. The van der Waals surface area contributed by atoms with Crippen molar-refractivity contribution in [1.29, 1.82) is 0 Å². The van der Waals surface area contributed by atoms with E-state index in [2.05, 4.69) is 10.6 Å². The second kappa shape index (κ2) is 9.71. The number of anilines is 1. The quantitative estimate of drug-likeness (QED) is 0.558. The predicted octanol–water partition coefficient (Wildman–Crippen LogP) is 4.37. The van der Waals surface area contributed by atoms with Gasteiger partial charge in [-0.25, -0.2) is 0 Å². The molecule has 3 aromatic rings. The van der Waals surface area contributed by atoms with Crippen molar-refractivity contribution < 1.29 is 14.3 Å². The number of ether oxygens (including phenoxy) is 1. The number of nitrogens with one attached hydrogen (secondary N) is 2. The summed E-state index contributed by atoms with van der Waals surface area (Å²) in [6.07, 6.45) is 1.72. The highest BCUT2D eigenvalue weighted by Gasteiger charge is 2.09. The molecule has 1 heterocycles. The minimum Gasteiger partial charge on any atom is -0.497 e. The molecule has 0 spiro atoms. The maximum Gasteiger partial charge on any atom is 0.265 e. The first-order valence-corrected chi connectivity index (χ1v) is 9.90. The van der Waals surface area contributed by atoms with Gasteiger partial charge in [0.25, 0.3) is 11.8 Å². The summed E-state index contributed by atoms with van der Waals surface area (Å²) in [7, 11) is 1.65. The molecule has 0 fully saturated rings. The number of aryl methyl sites for hydroxylation is 1. The monoisotopic (exact) mass is 394 g/mol. The van der Waals surface area contributed by atoms with Crippen molar-refractivity contribution >= 4 is 28.8 Å². The summed E-state index contributed by atoms with van der Waals surface area (Å²) in [6, 6.07) is 18.5. The molecular weight excluding hydrogens is 372 g/mol. The third-order valence-electron chi connectivity index (χ3n) is 4.21. The van der Waals surface area contributed by atoms with Crippen LogP contribution in [0.3, 0.4) is 0 Å². The summed E-state index contributed by atoms with van der Waals surface area (Å²) in [5, 5.41) is 7.60. The van der Waals surface area contributed by atoms with Crippen LogP contribution >= 0.6 is 11.3 Å². The van der Waals surface area contributed by atoms with Crippen LogP contribution < -0.4 is 15.4 Å². The summed E-state index contributed by atoms with van der Waals surface area (Å²) < 4.78 is 5.15. The zero-order valence-electron chi connectivity index (χ0n) is 15.6. The summed E-state index contributed by atoms with van der Waals surface area (Å²) in [5.74, 6) is 0.511. The lowest BCUT2D eigenvalue weighted by Crippen LogP contribution is -2.25. The van der Waals surface area contributed by atoms with E-state index < -0.39 is 0 Å². The Morgan fingerprint density at radius 3 is 2.54 bits per heavy atom. The SMILES string of the molecule is COc1ccc(CCCNC(=O)c2cccc(NC(=O)c3cccs3)c2)cc1. The van der Waals surface area contributed by atoms with E-state index in [4.69, 9.17) is 4.74 Å². The fraction of sp³-hybridized carbons (Fsp3) is 0.182. The third kappa shape index (κ3) is 5.44. The maximum absolute atomic E-state index is 12.4. The van der Waals surface area contributed by atoms with Crippen LogP contribution in [0.2, 0.25) is 0 Å². The third-order valence-corrected chi connectivity index (χ3v) is 5.08. The van der Waals surface area contributed by atoms with Gasteiger partial charge in [-0.15, -0.1) is 11.3 Å². The highest BCUT2D eigenvalue weighted by molar-refractivity contribution is 7.12. The average Bonchev–Trinajstić information content (AvgIpc) is 3.27. The predicted molar refractivity (Wildman–Crippen MR) is 112 cm³/mol. The Morgan fingerprint density at radius 2 is 1.82 bits per heavy atom. The van der Waals surface area contributed by atoms with Gasteiger partial charge in [-0.3, -0.25) is 9.59 Å². The molecule has 144 valence electrons. The standard InChI is InChI=1S/C22H22N2O3S/c1-27-19-11-9-16(10-12-19)5-3-13-23-21(25)17-6-2-7-18(15-17)24-22(26)20-8-4-14-28-20/h2,4,6-12,14-15H,3,5,13H2,1H3,(H,23,25)(H,24,26). The highest BCUT2D eigenvalue weighted by atomic mass is 32.1. The Kier molecular flexibility index (Phi) is 6.81. The van der Waals surface area contributed by atoms with E-state index in [0.29, 0.717) is 22.7 Å². The largest absolute Gasteiger partial charge is 0.497 e. The van der Waals surface area contributed by atoms with Crippen LogP contribution in [0.25, 0.3) is 0 Å². The number of carbonyl (C=O) groups excluding carboxylic acids is 2. The smallest absolute Gasteiger partial charge is 0.265 e. The number of hydrogen-bond acceptors (Lipinski definition) is 4. The lowest BCUT2D eigenvalue weighted by Gasteiger charge is -2.08. The van der Waals surface area contributed by atoms with Crippen LogP contribution in [0, 0.1) is 0 Å². The Balaban J connectivity index is 1.48. The summed E-state index contributed by atoms with van der Waals surface area (Å²) in [4.78, 5) is 25.1. The molecule has 2 N–H and O–H groups in total. The van der Waals surface area contributed by atoms with E-state index in [9.17, 15) is 9.59 Å². The molecular formula is C22H22N2O3S. The van der Waals surface area contributed by atoms with Crippen molar-refractivity contribution in [3.8, 4) is 5.75 Å². The molecule has 2 amide bonds. The van der Waals surface area contributed by atoms with Crippen molar-refractivity contribution in [2.45, 2.75) is 12.8 Å². The molecule has 0 aliphatic rings. The van der Waals surface area contributed by atoms with Gasteiger partial charge < -0.3 is 15.4 Å². The molecule has 0 radical (unpaired) electrons. The van der Waals surface area contributed by atoms with Gasteiger partial charge in [0, 0.05) is 17.8 Å². The summed E-state index contributed by atoms with van der Waals surface area (Å²) in [6.45, 7) is 0.580. The van der Waals surface area contributed by atoms with Crippen molar-refractivity contribution in [3.63, 3.8) is 0 Å². The molecule has 28 heavy (non-hydrogen) atoms. The lowest BCUT2D eigenvalue weighted by molar-refractivity contribution is 0.0952. The molecule has 5 nitrogen and oxygen atoms in total. The number of benzene rings is 2. The summed E-state index contributed by atoms with van der Waals surface area (Å²) >= 11 is 1.38. The van der Waals surface area contributed by atoms with Crippen LogP contribution in [-0.4, -0.2) is 25.5 Å². The van der Waals surface area contributed by atoms with Crippen molar-refractivity contribution in [1.82, 2.24) is 5.32 Å². The zero-order valence-corrected chi connectivity index (χ0v) is 16.4. The van der Waals surface area contributed by atoms with E-state index >= 15 is 0 Å². The van der Waals surface area contributed by atoms with Gasteiger partial charge in [0.2, 0.25) is 0 Å². The van der Waals surface area contributed by atoms with Crippen molar-refractivity contribution in [2.24, 2.45) is 0 Å². The van der Waals surface area contributed by atoms with E-state index in [-0.39, 0.29) is 11.8 Å². The van der Waals surface area contributed by atoms with Crippen molar-refractivity contribution in [3.05, 3.63) is 82.0 Å². The number of carbonyl (C=O) groups is 2. The Labute approximate surface area is 168 Å². The molecule has 0 saturated carbocycles. The van der Waals surface area contributed by atoms with Gasteiger partial charge in [-0.1, -0.05) is 24.3 Å². The van der Waals surface area contributed by atoms with Crippen LogP contribution in [0.4, 0.5) is 5.69 Å². The molecule has 6 heteroatoms. The second-order valence-electron chi connectivity index (χ2n) is 6.22. The first-order chi connectivity index (χ1) is 13.7. The van der Waals surface area contributed by atoms with Crippen molar-refractivity contribution in [2.75, 3.05) is 19.0 Å². The van der Waals surface area contributed by atoms with E-state index in [1.54, 1.807) is 37.4 Å². The maximum atomic E-state index is 12.4. The number of rotatable bonds is 8. The first-order valence-electron chi connectivity index (χ1n) is 9.02. The van der Waals surface area contributed by atoms with E-state index in [1.807, 2.05) is 35.7 Å². The number of methoxy groups -OCH3 is 1. The molecule has 0 bridgehead atoms. The van der Waals surface area contributed by atoms with Gasteiger partial charge in [0.15, 0.2) is 0 Å². The number of amides is 2. The number of thiophene rings is 1. The van der Waals surface area contributed by atoms with E-state index in [1.165, 1.54) is 16.9 Å². The van der Waals surface area contributed by atoms with Crippen LogP contribution in [-0.2, 0) is 6.42 Å². The molecule has 0 atom stereocenters. The van der Waals surface area contributed by atoms with Crippen LogP contribution in [0.1, 0.15) is 32.0 Å². The van der Waals surface area contributed by atoms with Crippen LogP contribution in [0.5, 0.6) is 5.75 Å². The van der Waals surface area contributed by atoms with Gasteiger partial charge >= 0.3 is 0 Å². The lowest BCUT2D eigenvalue weighted by atomic mass is 10.1. The molecule has 1 aromatic heterocycles. The van der Waals surface area contributed by atoms with E-state index in [0.717, 1.165) is 18.6 Å². The Morgan fingerprint density at radius 1 is 1.00 bits per heavy atom. The second-order valence-corrected chi connectivity index (χ2v) is 7.17. The fourth-order valence-corrected chi connectivity index (χ4v) is 3.35. The summed E-state index contributed by atoms with van der Waals surface area (Å²) in [5.41, 5.74) is 2.33. The Hall–Kier alpha value is -3.12. The molecule has 3 rings (SSSR count). The zero-order chi connectivity index (χ0) is 19.8.